The molecular weight excluding hydrogens is 178 g/mol. The Balaban J connectivity index is 2.13. The van der Waals surface area contributed by atoms with Crippen molar-refractivity contribution >= 4 is 5.88 Å². The molecule has 2 heterocycles. The lowest BCUT2D eigenvalue weighted by Gasteiger charge is -2.12. The number of nitrogens with zero attached hydrogens (tertiary/aromatic N) is 2. The fourth-order valence-corrected chi connectivity index (χ4v) is 1.68. The first-order chi connectivity index (χ1) is 6.81. The van der Waals surface area contributed by atoms with Crippen molar-refractivity contribution in [2.24, 2.45) is 5.73 Å². The Labute approximate surface area is 82.9 Å². The van der Waals surface area contributed by atoms with E-state index in [1.165, 1.54) is 12.8 Å². The Bertz CT molecular complexity index is 346. The molecule has 0 bridgehead atoms. The molecule has 1 aromatic rings. The summed E-state index contributed by atoms with van der Waals surface area (Å²) in [6.07, 6.45) is 2.42. The monoisotopic (exact) mass is 191 g/mol. The smallest absolute Gasteiger partial charge is 0.195 e. The molecule has 0 radical (unpaired) electrons. The van der Waals surface area contributed by atoms with Gasteiger partial charge in [-0.2, -0.15) is 5.26 Å². The molecule has 2 N–H and O–H groups in total. The molecule has 14 heavy (non-hydrogen) atoms. The minimum atomic E-state index is -0.647. The normalized spacial score (nSPS) is 18.1. The van der Waals surface area contributed by atoms with E-state index in [1.54, 1.807) is 6.07 Å². The van der Waals surface area contributed by atoms with E-state index in [9.17, 15) is 0 Å². The number of hydrogen-bond donors (Lipinski definition) is 1. The summed E-state index contributed by atoms with van der Waals surface area (Å²) < 4.78 is 5.50. The third-order valence-electron chi connectivity index (χ3n) is 2.48. The number of anilines is 1. The highest BCUT2D eigenvalue weighted by molar-refractivity contribution is 5.38. The van der Waals surface area contributed by atoms with Crippen LogP contribution in [-0.4, -0.2) is 13.1 Å². The number of furan rings is 1. The van der Waals surface area contributed by atoms with Crippen molar-refractivity contribution < 1.29 is 4.42 Å². The largest absolute Gasteiger partial charge is 0.443 e. The average Bonchev–Trinajstić information content (AvgIpc) is 2.86. The Morgan fingerprint density at radius 1 is 1.43 bits per heavy atom. The van der Waals surface area contributed by atoms with Crippen LogP contribution in [0.2, 0.25) is 0 Å². The van der Waals surface area contributed by atoms with Gasteiger partial charge in [0.2, 0.25) is 0 Å². The summed E-state index contributed by atoms with van der Waals surface area (Å²) in [4.78, 5) is 2.17. The van der Waals surface area contributed by atoms with Crippen molar-refractivity contribution in [3.05, 3.63) is 17.9 Å². The molecule has 4 heteroatoms. The summed E-state index contributed by atoms with van der Waals surface area (Å²) in [6, 6.07) is 4.97. The first-order valence-corrected chi connectivity index (χ1v) is 4.81. The standard InChI is InChI=1S/C10H13N3O/c11-7-8(12)9-3-4-10(14-9)13-5-1-2-6-13/h3-4,8H,1-2,5-6,12H2/t8-/m1/s1. The second-order valence-electron chi connectivity index (χ2n) is 3.48. The van der Waals surface area contributed by atoms with Gasteiger partial charge in [-0.1, -0.05) is 0 Å². The zero-order valence-electron chi connectivity index (χ0n) is 7.94. The zero-order valence-corrected chi connectivity index (χ0v) is 7.94. The maximum Gasteiger partial charge on any atom is 0.195 e. The molecule has 4 nitrogen and oxygen atoms in total. The van der Waals surface area contributed by atoms with Crippen molar-refractivity contribution in [1.29, 1.82) is 5.26 Å². The Morgan fingerprint density at radius 2 is 2.14 bits per heavy atom. The quantitative estimate of drug-likeness (QED) is 0.767. The van der Waals surface area contributed by atoms with Gasteiger partial charge in [0.1, 0.15) is 5.76 Å². The van der Waals surface area contributed by atoms with E-state index in [1.807, 2.05) is 12.1 Å². The van der Waals surface area contributed by atoms with Crippen LogP contribution in [0.25, 0.3) is 0 Å². The zero-order chi connectivity index (χ0) is 9.97. The van der Waals surface area contributed by atoms with Crippen LogP contribution in [0.1, 0.15) is 24.6 Å². The summed E-state index contributed by atoms with van der Waals surface area (Å²) in [5.41, 5.74) is 5.53. The molecule has 1 saturated heterocycles. The number of nitriles is 1. The summed E-state index contributed by atoms with van der Waals surface area (Å²) in [6.45, 7) is 2.07. The molecule has 1 atom stereocenters. The van der Waals surface area contributed by atoms with Crippen molar-refractivity contribution in [2.75, 3.05) is 18.0 Å². The summed E-state index contributed by atoms with van der Waals surface area (Å²) in [7, 11) is 0. The summed E-state index contributed by atoms with van der Waals surface area (Å²) in [5.74, 6) is 1.39. The maximum absolute atomic E-state index is 8.61. The minimum absolute atomic E-state index is 0.550. The maximum atomic E-state index is 8.61. The van der Waals surface area contributed by atoms with Crippen molar-refractivity contribution in [2.45, 2.75) is 18.9 Å². The first kappa shape index (κ1) is 9.10. The van der Waals surface area contributed by atoms with Gasteiger partial charge in [0, 0.05) is 19.2 Å². The summed E-state index contributed by atoms with van der Waals surface area (Å²) in [5, 5.41) is 8.61. The Kier molecular flexibility index (Phi) is 2.42. The van der Waals surface area contributed by atoms with Gasteiger partial charge in [-0.05, 0) is 18.9 Å². The van der Waals surface area contributed by atoms with Crippen LogP contribution in [0.15, 0.2) is 16.5 Å². The second-order valence-corrected chi connectivity index (χ2v) is 3.48. The van der Waals surface area contributed by atoms with Gasteiger partial charge in [0.05, 0.1) is 6.07 Å². The predicted molar refractivity (Wildman–Crippen MR) is 52.7 cm³/mol. The second kappa shape index (κ2) is 3.72. The van der Waals surface area contributed by atoms with E-state index < -0.39 is 6.04 Å². The lowest BCUT2D eigenvalue weighted by Crippen LogP contribution is -2.16. The van der Waals surface area contributed by atoms with Crippen molar-refractivity contribution in [3.8, 4) is 6.07 Å². The predicted octanol–water partition coefficient (Wildman–Crippen LogP) is 1.40. The van der Waals surface area contributed by atoms with E-state index in [0.717, 1.165) is 19.0 Å². The molecule has 0 aliphatic carbocycles. The molecule has 0 aromatic carbocycles. The molecule has 0 amide bonds. The van der Waals surface area contributed by atoms with Crippen LogP contribution < -0.4 is 10.6 Å². The van der Waals surface area contributed by atoms with Crippen LogP contribution in [0.4, 0.5) is 5.88 Å². The molecule has 74 valence electrons. The van der Waals surface area contributed by atoms with Gasteiger partial charge in [0.25, 0.3) is 0 Å². The number of nitrogens with two attached hydrogens (primary N) is 1. The van der Waals surface area contributed by atoms with Gasteiger partial charge in [-0.3, -0.25) is 0 Å². The van der Waals surface area contributed by atoms with Crippen LogP contribution >= 0.6 is 0 Å². The van der Waals surface area contributed by atoms with E-state index in [0.29, 0.717) is 5.76 Å². The van der Waals surface area contributed by atoms with E-state index >= 15 is 0 Å². The highest BCUT2D eigenvalue weighted by Crippen LogP contribution is 2.24. The fraction of sp³-hybridized carbons (Fsp3) is 0.500. The van der Waals surface area contributed by atoms with Gasteiger partial charge < -0.3 is 15.1 Å². The van der Waals surface area contributed by atoms with Crippen LogP contribution in [-0.2, 0) is 0 Å². The van der Waals surface area contributed by atoms with Gasteiger partial charge in [-0.15, -0.1) is 0 Å². The van der Waals surface area contributed by atoms with E-state index in [2.05, 4.69) is 4.90 Å². The third-order valence-corrected chi connectivity index (χ3v) is 2.48. The number of rotatable bonds is 2. The first-order valence-electron chi connectivity index (χ1n) is 4.81. The Morgan fingerprint density at radius 3 is 2.79 bits per heavy atom. The van der Waals surface area contributed by atoms with Gasteiger partial charge >= 0.3 is 0 Å². The molecule has 1 aromatic heterocycles. The SMILES string of the molecule is N#C[C@@H](N)c1ccc(N2CCCC2)o1. The summed E-state index contributed by atoms with van der Waals surface area (Å²) >= 11 is 0. The van der Waals surface area contributed by atoms with Crippen LogP contribution in [0.3, 0.4) is 0 Å². The Hall–Kier alpha value is -1.47. The molecule has 1 aliphatic heterocycles. The molecule has 0 spiro atoms. The van der Waals surface area contributed by atoms with Gasteiger partial charge in [0.15, 0.2) is 11.9 Å². The van der Waals surface area contributed by atoms with E-state index in [4.69, 9.17) is 15.4 Å². The minimum Gasteiger partial charge on any atom is -0.443 e. The van der Waals surface area contributed by atoms with Crippen molar-refractivity contribution in [1.82, 2.24) is 0 Å². The molecule has 2 rings (SSSR count). The van der Waals surface area contributed by atoms with Gasteiger partial charge in [-0.25, -0.2) is 0 Å². The lowest BCUT2D eigenvalue weighted by atomic mass is 10.3. The average molecular weight is 191 g/mol. The number of hydrogen-bond acceptors (Lipinski definition) is 4. The molecule has 1 aliphatic rings. The lowest BCUT2D eigenvalue weighted by molar-refractivity contribution is 0.493. The highest BCUT2D eigenvalue weighted by atomic mass is 16.4. The third kappa shape index (κ3) is 1.59. The highest BCUT2D eigenvalue weighted by Gasteiger charge is 2.17. The fourth-order valence-electron chi connectivity index (χ4n) is 1.68. The topological polar surface area (TPSA) is 66.2 Å². The van der Waals surface area contributed by atoms with Crippen LogP contribution in [0, 0.1) is 11.3 Å². The molecule has 0 saturated carbocycles. The molecule has 0 unspecified atom stereocenters. The van der Waals surface area contributed by atoms with Crippen molar-refractivity contribution in [3.63, 3.8) is 0 Å². The van der Waals surface area contributed by atoms with E-state index in [-0.39, 0.29) is 0 Å². The molecule has 1 fully saturated rings. The van der Waals surface area contributed by atoms with Crippen LogP contribution in [0.5, 0.6) is 0 Å². The molecular formula is C10H13N3O.